The second-order valence-electron chi connectivity index (χ2n) is 4.14. The van der Waals surface area contributed by atoms with Gasteiger partial charge >= 0.3 is 13.8 Å². The molecule has 0 saturated heterocycles. The zero-order valence-corrected chi connectivity index (χ0v) is 11.9. The summed E-state index contributed by atoms with van der Waals surface area (Å²) in [6.07, 6.45) is -6.65. The van der Waals surface area contributed by atoms with Gasteiger partial charge in [0.2, 0.25) is 0 Å². The number of carboxylic acid groups (broad SMARTS) is 1. The van der Waals surface area contributed by atoms with Gasteiger partial charge in [0.25, 0.3) is 0 Å². The van der Waals surface area contributed by atoms with E-state index < -0.39 is 50.9 Å². The van der Waals surface area contributed by atoms with E-state index in [1.165, 1.54) is 0 Å². The lowest BCUT2D eigenvalue weighted by Gasteiger charge is -2.30. The van der Waals surface area contributed by atoms with Crippen LogP contribution in [0.1, 0.15) is 6.92 Å². The summed E-state index contributed by atoms with van der Waals surface area (Å²) >= 11 is 0. The molecule has 0 aromatic carbocycles. The molecule has 0 aromatic heterocycles. The number of carbonyl (C=O) groups excluding carboxylic acids is 1. The molecule has 7 N–H and O–H groups in total. The Bertz CT molecular complexity index is 398. The Morgan fingerprint density at radius 3 is 2.29 bits per heavy atom. The quantitative estimate of drug-likeness (QED) is 0.178. The Morgan fingerprint density at radius 2 is 1.90 bits per heavy atom. The monoisotopic (exact) mass is 331 g/mol. The molecule has 0 heterocycles. The maximum Gasteiger partial charge on any atom is 0.469 e. The molecule has 0 aliphatic heterocycles. The number of carboxylic acids is 1. The minimum Gasteiger partial charge on any atom is -0.479 e. The van der Waals surface area contributed by atoms with Crippen LogP contribution in [0.25, 0.3) is 0 Å². The summed E-state index contributed by atoms with van der Waals surface area (Å²) in [7, 11) is -4.87. The molecule has 0 spiro atoms. The Kier molecular flexibility index (Phi) is 8.14. The fourth-order valence-corrected chi connectivity index (χ4v) is 1.61. The average molecular weight is 331 g/mol. The number of aliphatic hydroxyl groups excluding tert-OH is 2. The predicted octanol–water partition coefficient (Wildman–Crippen LogP) is -2.80. The highest BCUT2D eigenvalue weighted by atomic mass is 31.2. The van der Waals surface area contributed by atoms with Gasteiger partial charge in [0.05, 0.1) is 12.6 Å². The molecule has 0 aromatic rings. The number of aldehydes is 1. The molecule has 124 valence electrons. The zero-order chi connectivity index (χ0) is 16.8. The fraction of sp³-hybridized carbons (Fsp3) is 0.778. The highest BCUT2D eigenvalue weighted by Crippen LogP contribution is 2.35. The third kappa shape index (κ3) is 7.60. The molecule has 5 atom stereocenters. The third-order valence-corrected chi connectivity index (χ3v) is 2.88. The van der Waals surface area contributed by atoms with Crippen LogP contribution in [0.2, 0.25) is 0 Å². The maximum absolute atomic E-state index is 10.7. The minimum atomic E-state index is -4.87. The van der Waals surface area contributed by atoms with Gasteiger partial charge in [-0.1, -0.05) is 0 Å². The van der Waals surface area contributed by atoms with Gasteiger partial charge in [0.15, 0.2) is 6.10 Å². The molecule has 0 fully saturated rings. The second-order valence-corrected chi connectivity index (χ2v) is 5.38. The van der Waals surface area contributed by atoms with E-state index in [1.54, 1.807) is 0 Å². The number of aliphatic carboxylic acids is 1. The molecule has 0 amide bonds. The average Bonchev–Trinajstić information content (AvgIpc) is 2.39. The molecule has 0 aliphatic rings. The van der Waals surface area contributed by atoms with E-state index in [2.05, 4.69) is 4.52 Å². The molecule has 11 nitrogen and oxygen atoms in total. The van der Waals surface area contributed by atoms with Crippen molar-refractivity contribution < 1.29 is 48.5 Å². The van der Waals surface area contributed by atoms with Crippen LogP contribution < -0.4 is 5.73 Å². The van der Waals surface area contributed by atoms with E-state index in [4.69, 9.17) is 25.4 Å². The van der Waals surface area contributed by atoms with Crippen LogP contribution in [0.5, 0.6) is 0 Å². The first kappa shape index (κ1) is 20.1. The van der Waals surface area contributed by atoms with Crippen molar-refractivity contribution >= 4 is 20.1 Å². The maximum atomic E-state index is 10.7. The normalized spacial score (nSPS) is 19.3. The second kappa shape index (κ2) is 8.51. The van der Waals surface area contributed by atoms with E-state index in [1.807, 2.05) is 0 Å². The number of nitrogens with two attached hydrogens (primary N) is 1. The topological polar surface area (TPSA) is 197 Å². The van der Waals surface area contributed by atoms with Crippen molar-refractivity contribution in [2.45, 2.75) is 37.4 Å². The van der Waals surface area contributed by atoms with E-state index in [0.717, 1.165) is 6.92 Å². The van der Waals surface area contributed by atoms with Crippen LogP contribution >= 0.6 is 7.82 Å². The number of rotatable bonds is 10. The summed E-state index contributed by atoms with van der Waals surface area (Å²) in [6.45, 7) is 0.135. The van der Waals surface area contributed by atoms with Crippen LogP contribution in [0.15, 0.2) is 0 Å². The van der Waals surface area contributed by atoms with Gasteiger partial charge in [-0.05, 0) is 6.92 Å². The summed E-state index contributed by atoms with van der Waals surface area (Å²) in [6, 6.07) is -1.47. The SMILES string of the molecule is CC(OC(C(N)C=O)C(O)C(O)COP(=O)(O)O)C(=O)O. The first-order valence-corrected chi connectivity index (χ1v) is 7.18. The third-order valence-electron chi connectivity index (χ3n) is 2.39. The first-order chi connectivity index (χ1) is 9.49. The predicted molar refractivity (Wildman–Crippen MR) is 66.0 cm³/mol. The summed E-state index contributed by atoms with van der Waals surface area (Å²) in [4.78, 5) is 38.2. The summed E-state index contributed by atoms with van der Waals surface area (Å²) in [5.41, 5.74) is 5.33. The Hall–Kier alpha value is -0.910. The lowest BCUT2D eigenvalue weighted by Crippen LogP contribution is -2.53. The van der Waals surface area contributed by atoms with E-state index in [0.29, 0.717) is 0 Å². The number of ether oxygens (including phenoxy) is 1. The number of phosphoric acid groups is 1. The van der Waals surface area contributed by atoms with Crippen LogP contribution in [0.4, 0.5) is 0 Å². The molecular weight excluding hydrogens is 313 g/mol. The van der Waals surface area contributed by atoms with E-state index in [9.17, 15) is 24.4 Å². The molecule has 0 rings (SSSR count). The van der Waals surface area contributed by atoms with Crippen LogP contribution in [0.3, 0.4) is 0 Å². The van der Waals surface area contributed by atoms with Crippen molar-refractivity contribution in [3.8, 4) is 0 Å². The standard InChI is InChI=1S/C9H18NO10P/c1-4(9(14)15)20-8(5(10)2-11)7(13)6(12)3-19-21(16,17)18/h2,4-8,12-13H,3,10H2,1H3,(H,14,15)(H2,16,17,18). The van der Waals surface area contributed by atoms with E-state index in [-0.39, 0.29) is 6.29 Å². The molecule has 21 heavy (non-hydrogen) atoms. The number of hydrogen-bond donors (Lipinski definition) is 6. The Labute approximate surface area is 119 Å². The van der Waals surface area contributed by atoms with Crippen LogP contribution in [-0.4, -0.2) is 74.4 Å². The Balaban J connectivity index is 4.85. The van der Waals surface area contributed by atoms with E-state index >= 15 is 0 Å². The molecule has 0 saturated carbocycles. The van der Waals surface area contributed by atoms with Gasteiger partial charge in [-0.2, -0.15) is 0 Å². The smallest absolute Gasteiger partial charge is 0.469 e. The van der Waals surface area contributed by atoms with Crippen molar-refractivity contribution in [3.63, 3.8) is 0 Å². The minimum absolute atomic E-state index is 0.166. The van der Waals surface area contributed by atoms with Crippen molar-refractivity contribution in [2.24, 2.45) is 5.73 Å². The van der Waals surface area contributed by atoms with Crippen molar-refractivity contribution in [1.29, 1.82) is 0 Å². The molecule has 0 aliphatic carbocycles. The lowest BCUT2D eigenvalue weighted by molar-refractivity contribution is -0.166. The van der Waals surface area contributed by atoms with Crippen LogP contribution in [0, 0.1) is 0 Å². The first-order valence-electron chi connectivity index (χ1n) is 5.65. The molecule has 5 unspecified atom stereocenters. The van der Waals surface area contributed by atoms with Crippen molar-refractivity contribution in [3.05, 3.63) is 0 Å². The summed E-state index contributed by atoms with van der Waals surface area (Å²) in [5.74, 6) is -1.40. The van der Waals surface area contributed by atoms with Gasteiger partial charge in [-0.15, -0.1) is 0 Å². The van der Waals surface area contributed by atoms with Gasteiger partial charge in [-0.25, -0.2) is 9.36 Å². The molecule has 0 radical (unpaired) electrons. The van der Waals surface area contributed by atoms with Gasteiger partial charge < -0.3 is 40.4 Å². The molecular formula is C9H18NO10P. The summed E-state index contributed by atoms with van der Waals surface area (Å²) in [5, 5.41) is 28.0. The number of carbonyl (C=O) groups is 2. The lowest BCUT2D eigenvalue weighted by atomic mass is 10.0. The van der Waals surface area contributed by atoms with Gasteiger partial charge in [0, 0.05) is 0 Å². The zero-order valence-electron chi connectivity index (χ0n) is 11.0. The highest BCUT2D eigenvalue weighted by molar-refractivity contribution is 7.46. The number of aliphatic hydroxyl groups is 2. The van der Waals surface area contributed by atoms with Crippen LogP contribution in [-0.2, 0) is 23.4 Å². The number of phosphoric ester groups is 1. The largest absolute Gasteiger partial charge is 0.479 e. The Morgan fingerprint density at radius 1 is 1.38 bits per heavy atom. The fourth-order valence-electron chi connectivity index (χ4n) is 1.26. The summed E-state index contributed by atoms with van der Waals surface area (Å²) < 4.78 is 19.3. The highest BCUT2D eigenvalue weighted by Gasteiger charge is 2.35. The molecule has 12 heteroatoms. The number of hydrogen-bond acceptors (Lipinski definition) is 8. The van der Waals surface area contributed by atoms with Crippen molar-refractivity contribution in [1.82, 2.24) is 0 Å². The molecule has 0 bridgehead atoms. The van der Waals surface area contributed by atoms with Gasteiger partial charge in [-0.3, -0.25) is 4.52 Å². The van der Waals surface area contributed by atoms with Gasteiger partial charge in [0.1, 0.15) is 24.6 Å². The van der Waals surface area contributed by atoms with Crippen molar-refractivity contribution in [2.75, 3.05) is 6.61 Å².